The molecule has 0 bridgehead atoms. The highest BCUT2D eigenvalue weighted by atomic mass is 16.5. The summed E-state index contributed by atoms with van der Waals surface area (Å²) < 4.78 is 5.74. The molecule has 1 fully saturated rings. The summed E-state index contributed by atoms with van der Waals surface area (Å²) in [6, 6.07) is 14.4. The highest BCUT2D eigenvalue weighted by molar-refractivity contribution is 5.97. The van der Waals surface area contributed by atoms with Gasteiger partial charge in [0.2, 0.25) is 0 Å². The molecular formula is C17H18N2O. The Hall–Kier alpha value is -2.05. The van der Waals surface area contributed by atoms with Crippen molar-refractivity contribution in [1.82, 2.24) is 0 Å². The van der Waals surface area contributed by atoms with E-state index in [1.54, 1.807) is 0 Å². The van der Waals surface area contributed by atoms with Gasteiger partial charge in [0, 0.05) is 29.5 Å². The molecule has 1 aliphatic rings. The normalized spacial score (nSPS) is 19.0. The van der Waals surface area contributed by atoms with Crippen molar-refractivity contribution >= 4 is 16.5 Å². The number of nitrogens with zero attached hydrogens (tertiary/aromatic N) is 2. The van der Waals surface area contributed by atoms with Crippen molar-refractivity contribution in [3.8, 4) is 6.07 Å². The van der Waals surface area contributed by atoms with E-state index < -0.39 is 0 Å². The van der Waals surface area contributed by atoms with Crippen LogP contribution in [-0.2, 0) is 4.74 Å². The summed E-state index contributed by atoms with van der Waals surface area (Å²) >= 11 is 0. The van der Waals surface area contributed by atoms with Crippen molar-refractivity contribution in [1.29, 1.82) is 5.26 Å². The zero-order chi connectivity index (χ0) is 13.9. The van der Waals surface area contributed by atoms with Gasteiger partial charge in [-0.1, -0.05) is 31.2 Å². The van der Waals surface area contributed by atoms with Crippen molar-refractivity contribution in [2.24, 2.45) is 0 Å². The molecule has 0 aliphatic carbocycles. The number of hydrogen-bond donors (Lipinski definition) is 0. The Morgan fingerprint density at radius 2 is 2.05 bits per heavy atom. The first-order valence-electron chi connectivity index (χ1n) is 7.12. The number of anilines is 1. The summed E-state index contributed by atoms with van der Waals surface area (Å²) in [6.07, 6.45) is 1.34. The van der Waals surface area contributed by atoms with Crippen LogP contribution in [0.4, 0.5) is 5.69 Å². The molecule has 0 spiro atoms. The fraction of sp³-hybridized carbons (Fsp3) is 0.353. The van der Waals surface area contributed by atoms with E-state index in [1.165, 1.54) is 5.69 Å². The van der Waals surface area contributed by atoms with Gasteiger partial charge in [-0.15, -0.1) is 0 Å². The van der Waals surface area contributed by atoms with Crippen LogP contribution in [0.2, 0.25) is 0 Å². The van der Waals surface area contributed by atoms with E-state index in [-0.39, 0.29) is 0 Å². The molecule has 1 saturated heterocycles. The Bertz CT molecular complexity index is 660. The van der Waals surface area contributed by atoms with Gasteiger partial charge < -0.3 is 9.64 Å². The zero-order valence-electron chi connectivity index (χ0n) is 11.7. The second kappa shape index (κ2) is 5.52. The van der Waals surface area contributed by atoms with E-state index in [0.717, 1.165) is 42.5 Å². The van der Waals surface area contributed by atoms with Gasteiger partial charge >= 0.3 is 0 Å². The Labute approximate surface area is 119 Å². The van der Waals surface area contributed by atoms with Crippen molar-refractivity contribution in [2.75, 3.05) is 24.6 Å². The molecule has 20 heavy (non-hydrogen) atoms. The molecule has 0 saturated carbocycles. The van der Waals surface area contributed by atoms with E-state index in [1.807, 2.05) is 24.3 Å². The maximum Gasteiger partial charge on any atom is 0.0998 e. The summed E-state index contributed by atoms with van der Waals surface area (Å²) in [5.74, 6) is 0. The molecule has 0 radical (unpaired) electrons. The highest BCUT2D eigenvalue weighted by Crippen LogP contribution is 2.30. The van der Waals surface area contributed by atoms with Crippen molar-refractivity contribution in [2.45, 2.75) is 19.4 Å². The molecule has 3 nitrogen and oxygen atoms in total. The van der Waals surface area contributed by atoms with E-state index >= 15 is 0 Å². The van der Waals surface area contributed by atoms with Gasteiger partial charge in [-0.3, -0.25) is 0 Å². The van der Waals surface area contributed by atoms with Gasteiger partial charge in [-0.2, -0.15) is 5.26 Å². The minimum atomic E-state index is 0.304. The number of morpholine rings is 1. The van der Waals surface area contributed by atoms with Crippen LogP contribution >= 0.6 is 0 Å². The molecular weight excluding hydrogens is 248 g/mol. The van der Waals surface area contributed by atoms with Crippen LogP contribution in [0, 0.1) is 11.3 Å². The van der Waals surface area contributed by atoms with E-state index in [0.29, 0.717) is 6.10 Å². The van der Waals surface area contributed by atoms with Crippen LogP contribution in [0.5, 0.6) is 0 Å². The molecule has 3 heteroatoms. The number of hydrogen-bond acceptors (Lipinski definition) is 3. The van der Waals surface area contributed by atoms with Crippen molar-refractivity contribution < 1.29 is 4.74 Å². The maximum absolute atomic E-state index is 9.23. The Kier molecular flexibility index (Phi) is 3.58. The molecule has 3 rings (SSSR count). The number of ether oxygens (including phenoxy) is 1. The highest BCUT2D eigenvalue weighted by Gasteiger charge is 2.20. The average Bonchev–Trinajstić information content (AvgIpc) is 2.54. The molecule has 102 valence electrons. The van der Waals surface area contributed by atoms with Crippen LogP contribution < -0.4 is 4.90 Å². The minimum absolute atomic E-state index is 0.304. The molecule has 1 unspecified atom stereocenters. The fourth-order valence-corrected chi connectivity index (χ4v) is 2.84. The quantitative estimate of drug-likeness (QED) is 0.836. The second-order valence-corrected chi connectivity index (χ2v) is 5.14. The third-order valence-corrected chi connectivity index (χ3v) is 3.96. The first-order chi connectivity index (χ1) is 9.83. The van der Waals surface area contributed by atoms with E-state index in [9.17, 15) is 5.26 Å². The van der Waals surface area contributed by atoms with Crippen molar-refractivity contribution in [3.63, 3.8) is 0 Å². The number of rotatable bonds is 2. The lowest BCUT2D eigenvalue weighted by Crippen LogP contribution is -2.42. The van der Waals surface area contributed by atoms with Gasteiger partial charge in [-0.25, -0.2) is 0 Å². The monoisotopic (exact) mass is 266 g/mol. The molecule has 0 aromatic heterocycles. The van der Waals surface area contributed by atoms with Crippen LogP contribution in [0.1, 0.15) is 18.9 Å². The lowest BCUT2D eigenvalue weighted by atomic mass is 10.0. The van der Waals surface area contributed by atoms with Gasteiger partial charge in [-0.05, 0) is 18.6 Å². The molecule has 1 atom stereocenters. The van der Waals surface area contributed by atoms with Gasteiger partial charge in [0.1, 0.15) is 0 Å². The first kappa shape index (κ1) is 13.0. The Morgan fingerprint density at radius 3 is 2.80 bits per heavy atom. The standard InChI is InChI=1S/C17H18N2O/c1-2-14-12-19(9-10-20-14)17-8-7-13(11-18)15-5-3-4-6-16(15)17/h3-8,14H,2,9-10,12H2,1H3. The predicted molar refractivity (Wildman–Crippen MR) is 80.9 cm³/mol. The number of nitriles is 1. The topological polar surface area (TPSA) is 36.3 Å². The summed E-state index contributed by atoms with van der Waals surface area (Å²) in [6.45, 7) is 4.76. The summed E-state index contributed by atoms with van der Waals surface area (Å²) in [5.41, 5.74) is 1.95. The lowest BCUT2D eigenvalue weighted by Gasteiger charge is -2.35. The zero-order valence-corrected chi connectivity index (χ0v) is 11.7. The lowest BCUT2D eigenvalue weighted by molar-refractivity contribution is 0.0385. The molecule has 1 aliphatic heterocycles. The van der Waals surface area contributed by atoms with E-state index in [4.69, 9.17) is 4.74 Å². The average molecular weight is 266 g/mol. The molecule has 2 aromatic rings. The van der Waals surface area contributed by atoms with Gasteiger partial charge in [0.15, 0.2) is 0 Å². The van der Waals surface area contributed by atoms with Crippen molar-refractivity contribution in [3.05, 3.63) is 42.0 Å². The van der Waals surface area contributed by atoms with E-state index in [2.05, 4.69) is 30.0 Å². The number of fused-ring (bicyclic) bond motifs is 1. The van der Waals surface area contributed by atoms with Crippen LogP contribution in [0.25, 0.3) is 10.8 Å². The molecule has 0 N–H and O–H groups in total. The minimum Gasteiger partial charge on any atom is -0.375 e. The largest absolute Gasteiger partial charge is 0.375 e. The summed E-state index contributed by atoms with van der Waals surface area (Å²) in [5, 5.41) is 11.4. The third kappa shape index (κ3) is 2.23. The predicted octanol–water partition coefficient (Wildman–Crippen LogP) is 3.33. The second-order valence-electron chi connectivity index (χ2n) is 5.14. The molecule has 0 amide bonds. The maximum atomic E-state index is 9.23. The molecule has 2 aromatic carbocycles. The Balaban J connectivity index is 2.06. The van der Waals surface area contributed by atoms with Gasteiger partial charge in [0.05, 0.1) is 24.3 Å². The van der Waals surface area contributed by atoms with Crippen LogP contribution in [0.3, 0.4) is 0 Å². The SMILES string of the molecule is CCC1CN(c2ccc(C#N)c3ccccc23)CCO1. The fourth-order valence-electron chi connectivity index (χ4n) is 2.84. The molecule has 1 heterocycles. The number of benzene rings is 2. The Morgan fingerprint density at radius 1 is 1.25 bits per heavy atom. The summed E-state index contributed by atoms with van der Waals surface area (Å²) in [7, 11) is 0. The third-order valence-electron chi connectivity index (χ3n) is 3.96. The van der Waals surface area contributed by atoms with Crippen LogP contribution in [0.15, 0.2) is 36.4 Å². The van der Waals surface area contributed by atoms with Crippen LogP contribution in [-0.4, -0.2) is 25.8 Å². The first-order valence-corrected chi connectivity index (χ1v) is 7.12. The summed E-state index contributed by atoms with van der Waals surface area (Å²) in [4.78, 5) is 2.38. The smallest absolute Gasteiger partial charge is 0.0998 e. The van der Waals surface area contributed by atoms with Gasteiger partial charge in [0.25, 0.3) is 0 Å².